The van der Waals surface area contributed by atoms with Crippen molar-refractivity contribution < 1.29 is 9.13 Å². The van der Waals surface area contributed by atoms with Crippen LogP contribution < -0.4 is 10.5 Å². The average Bonchev–Trinajstić information content (AvgIpc) is 2.32. The second kappa shape index (κ2) is 5.19. The maximum absolute atomic E-state index is 13.0. The fraction of sp³-hybridized carbons (Fsp3) is 0.0769. The Balaban J connectivity index is 2.08. The lowest BCUT2D eigenvalue weighted by molar-refractivity contribution is 0.304. The topological polar surface area (TPSA) is 35.2 Å². The molecule has 0 heterocycles. The number of hydrogen-bond donors (Lipinski definition) is 1. The predicted molar refractivity (Wildman–Crippen MR) is 69.3 cm³/mol. The minimum absolute atomic E-state index is 0.137. The van der Waals surface area contributed by atoms with Crippen molar-refractivity contribution in [3.8, 4) is 5.75 Å². The highest BCUT2D eigenvalue weighted by Gasteiger charge is 2.02. The molecule has 2 aromatic rings. The summed E-state index contributed by atoms with van der Waals surface area (Å²) in [4.78, 5) is 0. The number of anilines is 1. The van der Waals surface area contributed by atoms with Crippen LogP contribution >= 0.6 is 15.9 Å². The van der Waals surface area contributed by atoms with Crippen LogP contribution in [0.1, 0.15) is 5.56 Å². The molecule has 0 fully saturated rings. The number of benzene rings is 2. The number of halogens is 2. The summed E-state index contributed by atoms with van der Waals surface area (Å²) in [5.74, 6) is 0.338. The molecule has 0 unspecified atom stereocenters. The Morgan fingerprint density at radius 3 is 2.65 bits per heavy atom. The van der Waals surface area contributed by atoms with Gasteiger partial charge in [-0.3, -0.25) is 0 Å². The summed E-state index contributed by atoms with van der Waals surface area (Å²) in [6.07, 6.45) is 0. The fourth-order valence-electron chi connectivity index (χ4n) is 1.41. The predicted octanol–water partition coefficient (Wildman–Crippen LogP) is 3.75. The Kier molecular flexibility index (Phi) is 3.64. The number of nitrogen functional groups attached to an aromatic ring is 1. The average molecular weight is 296 g/mol. The molecule has 0 aliphatic rings. The molecule has 0 saturated carbocycles. The molecule has 0 spiro atoms. The Bertz CT molecular complexity index is 531. The smallest absolute Gasteiger partial charge is 0.146 e. The van der Waals surface area contributed by atoms with E-state index in [4.69, 9.17) is 10.5 Å². The summed E-state index contributed by atoms with van der Waals surface area (Å²) in [5, 5.41) is 0. The molecular weight excluding hydrogens is 285 g/mol. The van der Waals surface area contributed by atoms with Crippen LogP contribution in [0.25, 0.3) is 0 Å². The van der Waals surface area contributed by atoms with E-state index < -0.39 is 5.82 Å². The number of nitrogens with two attached hydrogens (primary N) is 1. The third-order valence-electron chi connectivity index (χ3n) is 2.29. The first-order chi connectivity index (χ1) is 8.16. The largest absolute Gasteiger partial charge is 0.488 e. The van der Waals surface area contributed by atoms with Crippen molar-refractivity contribution in [1.82, 2.24) is 0 Å². The molecular formula is C13H11BrFNO. The van der Waals surface area contributed by atoms with E-state index in [0.29, 0.717) is 6.61 Å². The Morgan fingerprint density at radius 1 is 1.18 bits per heavy atom. The summed E-state index contributed by atoms with van der Waals surface area (Å²) in [6.45, 7) is 0.354. The zero-order chi connectivity index (χ0) is 12.3. The highest BCUT2D eigenvalue weighted by molar-refractivity contribution is 9.10. The number of ether oxygens (including phenoxy) is 1. The molecule has 88 valence electrons. The first-order valence-corrected chi connectivity index (χ1v) is 5.87. The van der Waals surface area contributed by atoms with Crippen LogP contribution in [-0.4, -0.2) is 0 Å². The van der Waals surface area contributed by atoms with Gasteiger partial charge >= 0.3 is 0 Å². The van der Waals surface area contributed by atoms with Crippen LogP contribution in [0.15, 0.2) is 46.9 Å². The van der Waals surface area contributed by atoms with Crippen molar-refractivity contribution in [1.29, 1.82) is 0 Å². The van der Waals surface area contributed by atoms with E-state index in [1.165, 1.54) is 6.07 Å². The Labute approximate surface area is 107 Å². The number of hydrogen-bond acceptors (Lipinski definition) is 2. The van der Waals surface area contributed by atoms with Crippen LogP contribution in [0.2, 0.25) is 0 Å². The van der Waals surface area contributed by atoms with Gasteiger partial charge in [0.2, 0.25) is 0 Å². The molecule has 0 saturated heterocycles. The van der Waals surface area contributed by atoms with Crippen molar-refractivity contribution in [2.75, 3.05) is 5.73 Å². The third kappa shape index (κ3) is 2.97. The molecule has 4 heteroatoms. The molecule has 0 aromatic heterocycles. The second-order valence-electron chi connectivity index (χ2n) is 3.57. The van der Waals surface area contributed by atoms with Crippen molar-refractivity contribution in [3.05, 3.63) is 58.3 Å². The molecule has 2 aromatic carbocycles. The van der Waals surface area contributed by atoms with Crippen LogP contribution in [-0.2, 0) is 6.61 Å². The summed E-state index contributed by atoms with van der Waals surface area (Å²) in [6, 6.07) is 12.1. The van der Waals surface area contributed by atoms with Gasteiger partial charge in [0.1, 0.15) is 18.2 Å². The van der Waals surface area contributed by atoms with E-state index >= 15 is 0 Å². The van der Waals surface area contributed by atoms with E-state index in [9.17, 15) is 4.39 Å². The minimum atomic E-state index is -0.408. The van der Waals surface area contributed by atoms with Crippen molar-refractivity contribution in [2.24, 2.45) is 0 Å². The van der Waals surface area contributed by atoms with Gasteiger partial charge < -0.3 is 10.5 Å². The van der Waals surface area contributed by atoms with Gasteiger partial charge in [-0.15, -0.1) is 0 Å². The normalized spacial score (nSPS) is 10.2. The molecule has 0 bridgehead atoms. The van der Waals surface area contributed by atoms with Crippen LogP contribution in [0, 0.1) is 5.82 Å². The lowest BCUT2D eigenvalue weighted by Crippen LogP contribution is -1.98. The molecule has 2 rings (SSSR count). The maximum Gasteiger partial charge on any atom is 0.146 e. The summed E-state index contributed by atoms with van der Waals surface area (Å²) in [5.41, 5.74) is 6.45. The van der Waals surface area contributed by atoms with Gasteiger partial charge in [-0.25, -0.2) is 4.39 Å². The van der Waals surface area contributed by atoms with Crippen LogP contribution in [0.4, 0.5) is 10.1 Å². The van der Waals surface area contributed by atoms with E-state index in [1.807, 2.05) is 24.3 Å². The van der Waals surface area contributed by atoms with Gasteiger partial charge in [0.05, 0.1) is 10.2 Å². The van der Waals surface area contributed by atoms with Crippen molar-refractivity contribution >= 4 is 21.6 Å². The first kappa shape index (κ1) is 11.9. The van der Waals surface area contributed by atoms with Gasteiger partial charge in [0, 0.05) is 0 Å². The Morgan fingerprint density at radius 2 is 1.94 bits per heavy atom. The maximum atomic E-state index is 13.0. The van der Waals surface area contributed by atoms with Gasteiger partial charge in [-0.2, -0.15) is 0 Å². The fourth-order valence-corrected chi connectivity index (χ4v) is 1.81. The SMILES string of the molecule is Nc1cc(COc2ccccc2Br)ccc1F. The molecule has 0 aliphatic carbocycles. The lowest BCUT2D eigenvalue weighted by Gasteiger charge is -2.08. The lowest BCUT2D eigenvalue weighted by atomic mass is 10.2. The number of para-hydroxylation sites is 1. The van der Waals surface area contributed by atoms with Gasteiger partial charge in [-0.1, -0.05) is 18.2 Å². The summed E-state index contributed by atoms with van der Waals surface area (Å²) >= 11 is 3.39. The quantitative estimate of drug-likeness (QED) is 0.875. The second-order valence-corrected chi connectivity index (χ2v) is 4.43. The summed E-state index contributed by atoms with van der Waals surface area (Å²) in [7, 11) is 0. The van der Waals surface area contributed by atoms with Crippen molar-refractivity contribution in [3.63, 3.8) is 0 Å². The van der Waals surface area contributed by atoms with E-state index in [-0.39, 0.29) is 5.69 Å². The number of rotatable bonds is 3. The van der Waals surface area contributed by atoms with Crippen LogP contribution in [0.3, 0.4) is 0 Å². The van der Waals surface area contributed by atoms with Gasteiger partial charge in [0.25, 0.3) is 0 Å². The molecule has 0 amide bonds. The highest BCUT2D eigenvalue weighted by Crippen LogP contribution is 2.25. The molecule has 0 radical (unpaired) electrons. The molecule has 0 atom stereocenters. The molecule has 2 N–H and O–H groups in total. The third-order valence-corrected chi connectivity index (χ3v) is 2.95. The summed E-state index contributed by atoms with van der Waals surface area (Å²) < 4.78 is 19.4. The molecule has 17 heavy (non-hydrogen) atoms. The molecule has 2 nitrogen and oxygen atoms in total. The van der Waals surface area contributed by atoms with Crippen LogP contribution in [0.5, 0.6) is 5.75 Å². The highest BCUT2D eigenvalue weighted by atomic mass is 79.9. The zero-order valence-electron chi connectivity index (χ0n) is 8.99. The monoisotopic (exact) mass is 295 g/mol. The van der Waals surface area contributed by atoms with Gasteiger partial charge in [-0.05, 0) is 45.8 Å². The standard InChI is InChI=1S/C13H11BrFNO/c14-10-3-1-2-4-13(10)17-8-9-5-6-11(15)12(16)7-9/h1-7H,8,16H2. The molecule has 0 aliphatic heterocycles. The van der Waals surface area contributed by atoms with Gasteiger partial charge in [0.15, 0.2) is 0 Å². The van der Waals surface area contributed by atoms with E-state index in [2.05, 4.69) is 15.9 Å². The van der Waals surface area contributed by atoms with Crippen molar-refractivity contribution in [2.45, 2.75) is 6.61 Å². The Hall–Kier alpha value is -1.55. The zero-order valence-corrected chi connectivity index (χ0v) is 10.6. The first-order valence-electron chi connectivity index (χ1n) is 5.08. The van der Waals surface area contributed by atoms with E-state index in [1.54, 1.807) is 12.1 Å². The van der Waals surface area contributed by atoms with E-state index in [0.717, 1.165) is 15.8 Å². The minimum Gasteiger partial charge on any atom is -0.488 e.